The summed E-state index contributed by atoms with van der Waals surface area (Å²) >= 11 is 0. The maximum Gasteiger partial charge on any atom is 0.252 e. The molecule has 1 aliphatic carbocycles. The highest BCUT2D eigenvalue weighted by Crippen LogP contribution is 2.62. The Labute approximate surface area is 317 Å². The molecule has 0 radical (unpaired) electrons. The summed E-state index contributed by atoms with van der Waals surface area (Å²) in [5, 5.41) is 0. The highest BCUT2D eigenvalue weighted by molar-refractivity contribution is 7.00. The number of ether oxygens (including phenoxy) is 1. The van der Waals surface area contributed by atoms with Crippen LogP contribution in [0.2, 0.25) is 0 Å². The average molecular weight is 708 g/mol. The van der Waals surface area contributed by atoms with E-state index in [9.17, 15) is 0 Å². The molecular formula is C48H43BFN3O. The Bertz CT molecular complexity index is 2560. The summed E-state index contributed by atoms with van der Waals surface area (Å²) in [6, 6.07) is 42.9. The zero-order valence-corrected chi connectivity index (χ0v) is 31.6. The standard InChI is InChI=1S/C48H43BFN3O/c1-46(2,3)30-19-21-32(22-20-30)51-33-23-24-35-39(29-33)52(38-16-7-9-18-43(38)54-42-17-8-6-15-37(42)51)40-27-31(50)28-41-44(40)49(35)36-14-12-13-34-45(36)53(41)48(5)26-11-10-25-47(34,48)4/h6-9,12-24,27-29H,10-11,25-26H2,1-5H3. The fourth-order valence-electron chi connectivity index (χ4n) is 10.7. The van der Waals surface area contributed by atoms with Crippen molar-refractivity contribution < 1.29 is 9.13 Å². The molecule has 11 rings (SSSR count). The van der Waals surface area contributed by atoms with E-state index in [4.69, 9.17) is 4.74 Å². The highest BCUT2D eigenvalue weighted by atomic mass is 19.1. The number of benzene rings is 6. The zero-order chi connectivity index (χ0) is 36.7. The minimum atomic E-state index is -0.225. The maximum absolute atomic E-state index is 16.5. The number of hydrogen-bond donors (Lipinski definition) is 0. The maximum atomic E-state index is 16.5. The van der Waals surface area contributed by atoms with Gasteiger partial charge in [0.15, 0.2) is 11.5 Å². The first-order valence-corrected chi connectivity index (χ1v) is 19.5. The Kier molecular flexibility index (Phi) is 6.40. The van der Waals surface area contributed by atoms with Crippen molar-refractivity contribution in [3.8, 4) is 11.5 Å². The molecule has 54 heavy (non-hydrogen) atoms. The highest BCUT2D eigenvalue weighted by Gasteiger charge is 2.61. The van der Waals surface area contributed by atoms with Crippen LogP contribution in [0.3, 0.4) is 0 Å². The van der Waals surface area contributed by atoms with Crippen LogP contribution in [0.15, 0.2) is 121 Å². The van der Waals surface area contributed by atoms with E-state index in [-0.39, 0.29) is 28.9 Å². The fraction of sp³-hybridized carbons (Fsp3) is 0.250. The quantitative estimate of drug-likeness (QED) is 0.158. The Morgan fingerprint density at radius 2 is 1.30 bits per heavy atom. The molecule has 266 valence electrons. The van der Waals surface area contributed by atoms with Gasteiger partial charge >= 0.3 is 0 Å². The van der Waals surface area contributed by atoms with E-state index in [0.717, 1.165) is 58.4 Å². The molecule has 2 bridgehead atoms. The van der Waals surface area contributed by atoms with E-state index < -0.39 is 0 Å². The first-order chi connectivity index (χ1) is 26.1. The molecule has 6 aromatic carbocycles. The first kappa shape index (κ1) is 32.0. The van der Waals surface area contributed by atoms with Gasteiger partial charge in [-0.05, 0) is 113 Å². The number of nitrogens with zero attached hydrogens (tertiary/aromatic N) is 3. The fourth-order valence-corrected chi connectivity index (χ4v) is 10.7. The number of fused-ring (bicyclic) bond motifs is 11. The number of para-hydroxylation sites is 5. The molecule has 0 aromatic heterocycles. The predicted molar refractivity (Wildman–Crippen MR) is 222 cm³/mol. The van der Waals surface area contributed by atoms with Gasteiger partial charge in [0, 0.05) is 39.5 Å². The second kappa shape index (κ2) is 10.8. The molecule has 6 aromatic rings. The molecule has 0 spiro atoms. The number of halogens is 1. The van der Waals surface area contributed by atoms with Crippen molar-refractivity contribution in [1.29, 1.82) is 0 Å². The van der Waals surface area contributed by atoms with Crippen LogP contribution in [-0.2, 0) is 10.8 Å². The van der Waals surface area contributed by atoms with Crippen molar-refractivity contribution >= 4 is 68.6 Å². The first-order valence-electron chi connectivity index (χ1n) is 19.5. The molecule has 6 heteroatoms. The Hall–Kier alpha value is -5.49. The summed E-state index contributed by atoms with van der Waals surface area (Å²) in [7, 11) is 0. The van der Waals surface area contributed by atoms with E-state index in [1.165, 1.54) is 46.0 Å². The van der Waals surface area contributed by atoms with Crippen LogP contribution in [0, 0.1) is 5.82 Å². The summed E-state index contributed by atoms with van der Waals surface area (Å²) in [4.78, 5) is 7.14. The van der Waals surface area contributed by atoms with Crippen LogP contribution in [0.4, 0.5) is 49.9 Å². The van der Waals surface area contributed by atoms with Gasteiger partial charge in [-0.3, -0.25) is 0 Å². The average Bonchev–Trinajstić information content (AvgIpc) is 3.38. The summed E-state index contributed by atoms with van der Waals surface area (Å²) < 4.78 is 23.5. The van der Waals surface area contributed by atoms with E-state index in [0.29, 0.717) is 5.75 Å². The second-order valence-electron chi connectivity index (χ2n) is 17.4. The van der Waals surface area contributed by atoms with E-state index in [2.05, 4.69) is 134 Å². The topological polar surface area (TPSA) is 19.0 Å². The van der Waals surface area contributed by atoms with Crippen LogP contribution in [-0.4, -0.2) is 12.3 Å². The van der Waals surface area contributed by atoms with Crippen molar-refractivity contribution in [3.63, 3.8) is 0 Å². The lowest BCUT2D eigenvalue weighted by Gasteiger charge is -2.52. The third kappa shape index (κ3) is 4.09. The molecule has 1 saturated carbocycles. The van der Waals surface area contributed by atoms with Gasteiger partial charge in [-0.1, -0.05) is 101 Å². The largest absolute Gasteiger partial charge is 0.453 e. The monoisotopic (exact) mass is 707 g/mol. The normalized spacial score (nSPS) is 21.4. The molecule has 4 heterocycles. The molecule has 1 fully saturated rings. The smallest absolute Gasteiger partial charge is 0.252 e. The van der Waals surface area contributed by atoms with Gasteiger partial charge in [-0.25, -0.2) is 4.39 Å². The molecule has 0 saturated heterocycles. The summed E-state index contributed by atoms with van der Waals surface area (Å²) in [5.41, 5.74) is 14.3. The van der Waals surface area contributed by atoms with Crippen molar-refractivity contribution in [3.05, 3.63) is 138 Å². The lowest BCUT2D eigenvalue weighted by atomic mass is 9.33. The Balaban J connectivity index is 1.22. The number of anilines is 8. The van der Waals surface area contributed by atoms with Gasteiger partial charge in [-0.15, -0.1) is 0 Å². The summed E-state index contributed by atoms with van der Waals surface area (Å²) in [5.74, 6) is 1.24. The van der Waals surface area contributed by atoms with Crippen molar-refractivity contribution in [2.45, 2.75) is 76.7 Å². The lowest BCUT2D eigenvalue weighted by molar-refractivity contribution is 0.195. The minimum Gasteiger partial charge on any atom is -0.453 e. The molecule has 0 N–H and O–H groups in total. The van der Waals surface area contributed by atoms with Gasteiger partial charge in [0.2, 0.25) is 0 Å². The van der Waals surface area contributed by atoms with E-state index >= 15 is 4.39 Å². The molecule has 4 nitrogen and oxygen atoms in total. The molecular weight excluding hydrogens is 664 g/mol. The predicted octanol–water partition coefficient (Wildman–Crippen LogP) is 11.1. The van der Waals surface area contributed by atoms with Gasteiger partial charge in [0.05, 0.1) is 16.9 Å². The van der Waals surface area contributed by atoms with Crippen molar-refractivity contribution in [2.24, 2.45) is 0 Å². The van der Waals surface area contributed by atoms with Gasteiger partial charge in [-0.2, -0.15) is 0 Å². The van der Waals surface area contributed by atoms with Crippen LogP contribution in [0.1, 0.15) is 71.4 Å². The van der Waals surface area contributed by atoms with Crippen molar-refractivity contribution in [2.75, 3.05) is 14.7 Å². The number of rotatable bonds is 1. The Morgan fingerprint density at radius 1 is 0.630 bits per heavy atom. The summed E-state index contributed by atoms with van der Waals surface area (Å²) in [6.45, 7) is 11.6. The van der Waals surface area contributed by atoms with Crippen LogP contribution >= 0.6 is 0 Å². The second-order valence-corrected chi connectivity index (χ2v) is 17.4. The molecule has 2 atom stereocenters. The zero-order valence-electron chi connectivity index (χ0n) is 31.6. The van der Waals surface area contributed by atoms with Crippen LogP contribution in [0.5, 0.6) is 11.5 Å². The molecule has 5 aliphatic rings. The van der Waals surface area contributed by atoms with Crippen LogP contribution < -0.4 is 35.8 Å². The third-order valence-electron chi connectivity index (χ3n) is 13.6. The van der Waals surface area contributed by atoms with Gasteiger partial charge < -0.3 is 19.4 Å². The van der Waals surface area contributed by atoms with Crippen molar-refractivity contribution in [1.82, 2.24) is 0 Å². The number of hydrogen-bond acceptors (Lipinski definition) is 4. The summed E-state index contributed by atoms with van der Waals surface area (Å²) in [6.07, 6.45) is 4.58. The van der Waals surface area contributed by atoms with Gasteiger partial charge in [0.25, 0.3) is 6.71 Å². The van der Waals surface area contributed by atoms with Crippen LogP contribution in [0.25, 0.3) is 0 Å². The molecule has 2 unspecified atom stereocenters. The Morgan fingerprint density at radius 3 is 2.04 bits per heavy atom. The van der Waals surface area contributed by atoms with Gasteiger partial charge in [0.1, 0.15) is 5.82 Å². The third-order valence-corrected chi connectivity index (χ3v) is 13.6. The SMILES string of the molecule is CC(C)(C)c1ccc(N2c3ccc4c(c3)N(c3ccccc3Oc3ccccc32)c2cc(F)cc3c2B4c2cccc4c2N3C2(C)CCCCC42C)cc1. The minimum absolute atomic E-state index is 0.0303. The molecule has 4 aliphatic heterocycles. The van der Waals surface area contributed by atoms with E-state index in [1.54, 1.807) is 6.07 Å². The van der Waals surface area contributed by atoms with E-state index in [1.807, 2.05) is 30.3 Å². The molecule has 0 amide bonds. The lowest BCUT2D eigenvalue weighted by Crippen LogP contribution is -2.64.